The van der Waals surface area contributed by atoms with Gasteiger partial charge in [0.15, 0.2) is 5.78 Å². The average Bonchev–Trinajstić information content (AvgIpc) is 2.95. The standard InChI is InChI=1S/C19H23NO4S/c1-13-12-17(14(2)25-13)18(21)8-9-19(22)20-10-11-24-16-6-4-15(23-3)5-7-16/h4-7,12H,8-11H2,1-3H3,(H,20,22). The smallest absolute Gasteiger partial charge is 0.220 e. The van der Waals surface area contributed by atoms with Crippen LogP contribution in [0.15, 0.2) is 30.3 Å². The van der Waals surface area contributed by atoms with E-state index in [0.29, 0.717) is 18.9 Å². The number of amides is 1. The van der Waals surface area contributed by atoms with Crippen LogP contribution in [0.25, 0.3) is 0 Å². The summed E-state index contributed by atoms with van der Waals surface area (Å²) >= 11 is 1.60. The van der Waals surface area contributed by atoms with Gasteiger partial charge in [0.2, 0.25) is 5.91 Å². The van der Waals surface area contributed by atoms with Crippen molar-refractivity contribution in [3.8, 4) is 11.5 Å². The zero-order valence-corrected chi connectivity index (χ0v) is 15.6. The van der Waals surface area contributed by atoms with Gasteiger partial charge in [-0.2, -0.15) is 0 Å². The van der Waals surface area contributed by atoms with Gasteiger partial charge in [-0.3, -0.25) is 9.59 Å². The van der Waals surface area contributed by atoms with E-state index in [0.717, 1.165) is 21.1 Å². The van der Waals surface area contributed by atoms with Crippen LogP contribution in [0.1, 0.15) is 33.0 Å². The number of methoxy groups -OCH3 is 1. The molecule has 25 heavy (non-hydrogen) atoms. The first-order valence-corrected chi connectivity index (χ1v) is 8.95. The van der Waals surface area contributed by atoms with Crippen LogP contribution in [0.2, 0.25) is 0 Å². The van der Waals surface area contributed by atoms with Crippen LogP contribution in [0.3, 0.4) is 0 Å². The molecule has 0 aliphatic heterocycles. The topological polar surface area (TPSA) is 64.6 Å². The fraction of sp³-hybridized carbons (Fsp3) is 0.368. The second kappa shape index (κ2) is 9.22. The van der Waals surface area contributed by atoms with Crippen molar-refractivity contribution in [1.29, 1.82) is 0 Å². The lowest BCUT2D eigenvalue weighted by Gasteiger charge is -2.08. The largest absolute Gasteiger partial charge is 0.497 e. The van der Waals surface area contributed by atoms with Crippen molar-refractivity contribution in [3.63, 3.8) is 0 Å². The molecule has 1 aromatic carbocycles. The lowest BCUT2D eigenvalue weighted by Crippen LogP contribution is -2.28. The zero-order valence-electron chi connectivity index (χ0n) is 14.8. The number of benzene rings is 1. The first-order chi connectivity index (χ1) is 12.0. The third kappa shape index (κ3) is 5.90. The molecule has 0 atom stereocenters. The molecule has 0 aliphatic rings. The van der Waals surface area contributed by atoms with Gasteiger partial charge < -0.3 is 14.8 Å². The number of thiophene rings is 1. The lowest BCUT2D eigenvalue weighted by atomic mass is 10.1. The van der Waals surface area contributed by atoms with Gasteiger partial charge in [-0.1, -0.05) is 0 Å². The molecule has 5 nitrogen and oxygen atoms in total. The SMILES string of the molecule is COc1ccc(OCCNC(=O)CCC(=O)c2cc(C)sc2C)cc1. The summed E-state index contributed by atoms with van der Waals surface area (Å²) in [6.45, 7) is 4.68. The normalized spacial score (nSPS) is 10.4. The van der Waals surface area contributed by atoms with Crippen LogP contribution in [0.5, 0.6) is 11.5 Å². The molecule has 0 saturated heterocycles. The molecule has 2 rings (SSSR count). The highest BCUT2D eigenvalue weighted by Gasteiger charge is 2.13. The molecule has 134 valence electrons. The Morgan fingerprint density at radius 3 is 2.36 bits per heavy atom. The minimum absolute atomic E-state index is 0.0199. The van der Waals surface area contributed by atoms with Crippen LogP contribution >= 0.6 is 11.3 Å². The summed E-state index contributed by atoms with van der Waals surface area (Å²) in [7, 11) is 1.61. The molecule has 1 amide bonds. The van der Waals surface area contributed by atoms with Crippen molar-refractivity contribution in [2.45, 2.75) is 26.7 Å². The number of ketones is 1. The molecule has 0 radical (unpaired) electrons. The molecular formula is C19H23NO4S. The van der Waals surface area contributed by atoms with E-state index in [2.05, 4.69) is 5.32 Å². The van der Waals surface area contributed by atoms with E-state index < -0.39 is 0 Å². The van der Waals surface area contributed by atoms with Gasteiger partial charge in [0.25, 0.3) is 0 Å². The number of hydrogen-bond donors (Lipinski definition) is 1. The number of carbonyl (C=O) groups is 2. The van der Waals surface area contributed by atoms with E-state index in [-0.39, 0.29) is 24.5 Å². The molecule has 0 unspecified atom stereocenters. The second-order valence-electron chi connectivity index (χ2n) is 5.62. The number of rotatable bonds is 9. The average molecular weight is 361 g/mol. The Kier molecular flexibility index (Phi) is 7.01. The fourth-order valence-electron chi connectivity index (χ4n) is 2.39. The molecule has 0 spiro atoms. The molecule has 0 aliphatic carbocycles. The Balaban J connectivity index is 1.65. The molecule has 2 aromatic rings. The number of ether oxygens (including phenoxy) is 2. The summed E-state index contributed by atoms with van der Waals surface area (Å²) in [4.78, 5) is 26.1. The van der Waals surface area contributed by atoms with Crippen LogP contribution in [0.4, 0.5) is 0 Å². The summed E-state index contributed by atoms with van der Waals surface area (Å²) in [5.41, 5.74) is 0.734. The third-order valence-electron chi connectivity index (χ3n) is 3.67. The second-order valence-corrected chi connectivity index (χ2v) is 7.08. The highest BCUT2D eigenvalue weighted by atomic mass is 32.1. The van der Waals surface area contributed by atoms with Crippen molar-refractivity contribution in [1.82, 2.24) is 5.32 Å². The highest BCUT2D eigenvalue weighted by Crippen LogP contribution is 2.22. The van der Waals surface area contributed by atoms with Gasteiger partial charge in [0, 0.05) is 28.2 Å². The van der Waals surface area contributed by atoms with Crippen LogP contribution < -0.4 is 14.8 Å². The third-order valence-corrected chi connectivity index (χ3v) is 4.64. The quantitative estimate of drug-likeness (QED) is 0.548. The van der Waals surface area contributed by atoms with Crippen molar-refractivity contribution in [2.24, 2.45) is 0 Å². The molecule has 0 fully saturated rings. The van der Waals surface area contributed by atoms with Crippen molar-refractivity contribution in [3.05, 3.63) is 45.6 Å². The summed E-state index contributed by atoms with van der Waals surface area (Å²) in [5.74, 6) is 1.36. The van der Waals surface area contributed by atoms with Gasteiger partial charge in [-0.15, -0.1) is 11.3 Å². The monoisotopic (exact) mass is 361 g/mol. The number of aryl methyl sites for hydroxylation is 2. The summed E-state index contributed by atoms with van der Waals surface area (Å²) in [6, 6.07) is 9.14. The Labute approximate surface area is 152 Å². The van der Waals surface area contributed by atoms with E-state index in [1.807, 2.05) is 44.2 Å². The van der Waals surface area contributed by atoms with Crippen molar-refractivity contribution < 1.29 is 19.1 Å². The number of hydrogen-bond acceptors (Lipinski definition) is 5. The molecule has 6 heteroatoms. The first kappa shape index (κ1) is 19.0. The summed E-state index contributed by atoms with van der Waals surface area (Å²) in [5, 5.41) is 2.76. The zero-order chi connectivity index (χ0) is 18.2. The van der Waals surface area contributed by atoms with Gasteiger partial charge in [0.1, 0.15) is 18.1 Å². The molecule has 1 N–H and O–H groups in total. The Morgan fingerprint density at radius 2 is 1.76 bits per heavy atom. The highest BCUT2D eigenvalue weighted by molar-refractivity contribution is 7.12. The van der Waals surface area contributed by atoms with Crippen LogP contribution in [-0.2, 0) is 4.79 Å². The van der Waals surface area contributed by atoms with E-state index in [9.17, 15) is 9.59 Å². The number of Topliss-reactive ketones (excluding diaryl/α,β-unsaturated/α-hetero) is 1. The molecule has 0 saturated carbocycles. The molecule has 1 heterocycles. The van der Waals surface area contributed by atoms with Gasteiger partial charge in [-0.05, 0) is 44.2 Å². The summed E-state index contributed by atoms with van der Waals surface area (Å²) < 4.78 is 10.6. The minimum Gasteiger partial charge on any atom is -0.497 e. The van der Waals surface area contributed by atoms with Crippen molar-refractivity contribution >= 4 is 23.0 Å². The molecule has 1 aromatic heterocycles. The Bertz CT molecular complexity index is 722. The number of nitrogens with one attached hydrogen (secondary N) is 1. The van der Waals surface area contributed by atoms with E-state index in [1.54, 1.807) is 18.4 Å². The predicted molar refractivity (Wildman–Crippen MR) is 98.9 cm³/mol. The minimum atomic E-state index is -0.142. The van der Waals surface area contributed by atoms with Crippen LogP contribution in [0, 0.1) is 13.8 Å². The maximum Gasteiger partial charge on any atom is 0.220 e. The first-order valence-electron chi connectivity index (χ1n) is 8.13. The Morgan fingerprint density at radius 1 is 1.08 bits per heavy atom. The Hall–Kier alpha value is -2.34. The fourth-order valence-corrected chi connectivity index (χ4v) is 3.33. The molecular weight excluding hydrogens is 338 g/mol. The maximum atomic E-state index is 12.1. The van der Waals surface area contributed by atoms with Gasteiger partial charge >= 0.3 is 0 Å². The van der Waals surface area contributed by atoms with Crippen molar-refractivity contribution in [2.75, 3.05) is 20.3 Å². The predicted octanol–water partition coefficient (Wildman–Crippen LogP) is 3.53. The lowest BCUT2D eigenvalue weighted by molar-refractivity contribution is -0.121. The molecule has 0 bridgehead atoms. The van der Waals surface area contributed by atoms with Gasteiger partial charge in [0.05, 0.1) is 13.7 Å². The number of carbonyl (C=O) groups excluding carboxylic acids is 2. The van der Waals surface area contributed by atoms with Gasteiger partial charge in [-0.25, -0.2) is 0 Å². The van der Waals surface area contributed by atoms with E-state index in [4.69, 9.17) is 9.47 Å². The maximum absolute atomic E-state index is 12.1. The van der Waals surface area contributed by atoms with E-state index >= 15 is 0 Å². The summed E-state index contributed by atoms with van der Waals surface area (Å²) in [6.07, 6.45) is 0.415. The van der Waals surface area contributed by atoms with E-state index in [1.165, 1.54) is 0 Å². The van der Waals surface area contributed by atoms with Crippen LogP contribution in [-0.4, -0.2) is 32.0 Å².